The molecular weight excluding hydrogens is 378 g/mol. The minimum absolute atomic E-state index is 0.196. The van der Waals surface area contributed by atoms with Gasteiger partial charge in [-0.05, 0) is 62.4 Å². The Balaban J connectivity index is 1.66. The van der Waals surface area contributed by atoms with E-state index in [2.05, 4.69) is 110 Å². The summed E-state index contributed by atoms with van der Waals surface area (Å²) in [5.41, 5.74) is 3.28. The predicted octanol–water partition coefficient (Wildman–Crippen LogP) is 5.72. The summed E-state index contributed by atoms with van der Waals surface area (Å²) in [6.07, 6.45) is 4.57. The van der Waals surface area contributed by atoms with Gasteiger partial charge in [-0.3, -0.25) is 0 Å². The molecule has 162 valence electrons. The normalized spacial score (nSPS) is 24.8. The van der Waals surface area contributed by atoms with E-state index in [4.69, 9.17) is 0 Å². The lowest BCUT2D eigenvalue weighted by Gasteiger charge is -2.49. The second-order valence-corrected chi connectivity index (χ2v) is 9.48. The molecule has 1 aliphatic rings. The van der Waals surface area contributed by atoms with E-state index in [1.807, 2.05) is 0 Å². The SMILES string of the molecule is CN(C)C(Cc1ccccc1)C1CC(c2ccccc2)CCC1(O)Cc1ccccc1. The van der Waals surface area contributed by atoms with Crippen molar-refractivity contribution in [2.24, 2.45) is 5.92 Å². The molecule has 0 saturated heterocycles. The summed E-state index contributed by atoms with van der Waals surface area (Å²) in [5.74, 6) is 0.697. The average molecular weight is 414 g/mol. The maximum Gasteiger partial charge on any atom is 0.0731 e. The van der Waals surface area contributed by atoms with Crippen molar-refractivity contribution in [2.75, 3.05) is 14.1 Å². The van der Waals surface area contributed by atoms with Crippen molar-refractivity contribution in [1.29, 1.82) is 0 Å². The maximum absolute atomic E-state index is 12.1. The predicted molar refractivity (Wildman–Crippen MR) is 129 cm³/mol. The third-order valence-corrected chi connectivity index (χ3v) is 7.19. The van der Waals surface area contributed by atoms with Crippen molar-refractivity contribution in [3.8, 4) is 0 Å². The Kier molecular flexibility index (Phi) is 6.89. The molecular formula is C29H35NO. The van der Waals surface area contributed by atoms with Gasteiger partial charge in [-0.25, -0.2) is 0 Å². The van der Waals surface area contributed by atoms with Gasteiger partial charge in [-0.1, -0.05) is 91.0 Å². The van der Waals surface area contributed by atoms with Gasteiger partial charge in [-0.15, -0.1) is 0 Å². The Morgan fingerprint density at radius 1 is 0.839 bits per heavy atom. The first-order valence-corrected chi connectivity index (χ1v) is 11.6. The van der Waals surface area contributed by atoms with E-state index in [1.54, 1.807) is 0 Å². The van der Waals surface area contributed by atoms with Gasteiger partial charge in [0.2, 0.25) is 0 Å². The zero-order valence-electron chi connectivity index (χ0n) is 18.8. The summed E-state index contributed by atoms with van der Waals surface area (Å²) in [6.45, 7) is 0. The average Bonchev–Trinajstić information content (AvgIpc) is 2.80. The molecule has 0 bridgehead atoms. The topological polar surface area (TPSA) is 23.5 Å². The molecule has 4 atom stereocenters. The highest BCUT2D eigenvalue weighted by molar-refractivity contribution is 5.24. The van der Waals surface area contributed by atoms with Gasteiger partial charge in [0, 0.05) is 18.4 Å². The van der Waals surface area contributed by atoms with Gasteiger partial charge < -0.3 is 10.0 Å². The highest BCUT2D eigenvalue weighted by Gasteiger charge is 2.46. The van der Waals surface area contributed by atoms with Crippen molar-refractivity contribution >= 4 is 0 Å². The van der Waals surface area contributed by atoms with Crippen molar-refractivity contribution < 1.29 is 5.11 Å². The highest BCUT2D eigenvalue weighted by Crippen LogP contribution is 2.46. The molecule has 31 heavy (non-hydrogen) atoms. The van der Waals surface area contributed by atoms with Crippen LogP contribution in [0.1, 0.15) is 41.9 Å². The summed E-state index contributed by atoms with van der Waals surface area (Å²) in [6, 6.07) is 32.4. The third-order valence-electron chi connectivity index (χ3n) is 7.19. The van der Waals surface area contributed by atoms with Gasteiger partial charge >= 0.3 is 0 Å². The Labute approximate surface area is 187 Å². The smallest absolute Gasteiger partial charge is 0.0731 e. The lowest BCUT2D eigenvalue weighted by molar-refractivity contribution is -0.0806. The number of likely N-dealkylation sites (N-methyl/N-ethyl adjacent to an activating group) is 1. The minimum atomic E-state index is -0.698. The van der Waals surface area contributed by atoms with Crippen LogP contribution in [0.15, 0.2) is 91.0 Å². The molecule has 0 amide bonds. The van der Waals surface area contributed by atoms with Gasteiger partial charge in [0.05, 0.1) is 5.60 Å². The first-order valence-electron chi connectivity index (χ1n) is 11.6. The summed E-state index contributed by atoms with van der Waals surface area (Å²) in [7, 11) is 4.34. The van der Waals surface area contributed by atoms with E-state index >= 15 is 0 Å². The molecule has 3 aromatic carbocycles. The summed E-state index contributed by atoms with van der Waals surface area (Å²) >= 11 is 0. The largest absolute Gasteiger partial charge is 0.389 e. The molecule has 1 fully saturated rings. The Morgan fingerprint density at radius 3 is 1.97 bits per heavy atom. The Morgan fingerprint density at radius 2 is 1.39 bits per heavy atom. The quantitative estimate of drug-likeness (QED) is 0.536. The van der Waals surface area contributed by atoms with E-state index in [1.165, 1.54) is 16.7 Å². The second kappa shape index (κ2) is 9.80. The number of nitrogens with zero attached hydrogens (tertiary/aromatic N) is 1. The van der Waals surface area contributed by atoms with Crippen LogP contribution in [-0.4, -0.2) is 35.7 Å². The summed E-state index contributed by atoms with van der Waals surface area (Å²) in [4.78, 5) is 2.33. The molecule has 1 saturated carbocycles. The molecule has 0 aliphatic heterocycles. The standard InChI is InChI=1S/C29H35NO/c1-30(2)28(20-23-12-6-3-7-13-23)27-21-26(25-16-10-5-11-17-25)18-19-29(27,31)22-24-14-8-4-9-15-24/h3-17,26-28,31H,18-22H2,1-2H3. The first kappa shape index (κ1) is 21.8. The number of hydrogen-bond acceptors (Lipinski definition) is 2. The van der Waals surface area contributed by atoms with Gasteiger partial charge in [0.25, 0.3) is 0 Å². The Hall–Kier alpha value is -2.42. The number of rotatable bonds is 7. The molecule has 2 nitrogen and oxygen atoms in total. The van der Waals surface area contributed by atoms with E-state index in [9.17, 15) is 5.11 Å². The summed E-state index contributed by atoms with van der Waals surface area (Å²) < 4.78 is 0. The highest BCUT2D eigenvalue weighted by atomic mass is 16.3. The van der Waals surface area contributed by atoms with Crippen LogP contribution in [0.25, 0.3) is 0 Å². The van der Waals surface area contributed by atoms with E-state index < -0.39 is 5.60 Å². The lowest BCUT2D eigenvalue weighted by atomic mass is 9.63. The van der Waals surface area contributed by atoms with Crippen LogP contribution in [0.3, 0.4) is 0 Å². The maximum atomic E-state index is 12.1. The van der Waals surface area contributed by atoms with Crippen LogP contribution >= 0.6 is 0 Å². The van der Waals surface area contributed by atoms with E-state index in [-0.39, 0.29) is 12.0 Å². The monoisotopic (exact) mass is 413 g/mol. The molecule has 1 N–H and O–H groups in total. The van der Waals surface area contributed by atoms with E-state index in [0.29, 0.717) is 5.92 Å². The molecule has 3 aromatic rings. The number of hydrogen-bond donors (Lipinski definition) is 1. The Bertz CT molecular complexity index is 925. The molecule has 0 radical (unpaired) electrons. The van der Waals surface area contributed by atoms with Crippen molar-refractivity contribution in [2.45, 2.75) is 49.7 Å². The summed E-state index contributed by atoms with van der Waals surface area (Å²) in [5, 5.41) is 12.1. The van der Waals surface area contributed by atoms with Gasteiger partial charge in [-0.2, -0.15) is 0 Å². The van der Waals surface area contributed by atoms with Crippen LogP contribution in [0.5, 0.6) is 0 Å². The third kappa shape index (κ3) is 5.26. The fraction of sp³-hybridized carbons (Fsp3) is 0.379. The fourth-order valence-corrected chi connectivity index (χ4v) is 5.51. The van der Waals surface area contributed by atoms with Crippen molar-refractivity contribution in [3.05, 3.63) is 108 Å². The number of aliphatic hydroxyl groups is 1. The fourth-order valence-electron chi connectivity index (χ4n) is 5.51. The van der Waals surface area contributed by atoms with Crippen molar-refractivity contribution in [1.82, 2.24) is 4.90 Å². The van der Waals surface area contributed by atoms with E-state index in [0.717, 1.165) is 32.1 Å². The second-order valence-electron chi connectivity index (χ2n) is 9.48. The zero-order valence-corrected chi connectivity index (χ0v) is 18.8. The van der Waals surface area contributed by atoms with Crippen LogP contribution in [0.2, 0.25) is 0 Å². The van der Waals surface area contributed by atoms with Gasteiger partial charge in [0.15, 0.2) is 0 Å². The molecule has 1 aliphatic carbocycles. The number of benzene rings is 3. The molecule has 0 spiro atoms. The van der Waals surface area contributed by atoms with Crippen LogP contribution in [0, 0.1) is 5.92 Å². The molecule has 4 unspecified atom stereocenters. The molecule has 4 rings (SSSR count). The van der Waals surface area contributed by atoms with Crippen LogP contribution in [-0.2, 0) is 12.8 Å². The van der Waals surface area contributed by atoms with Gasteiger partial charge in [0.1, 0.15) is 0 Å². The lowest BCUT2D eigenvalue weighted by Crippen LogP contribution is -2.54. The van der Waals surface area contributed by atoms with Crippen LogP contribution in [0.4, 0.5) is 0 Å². The molecule has 0 heterocycles. The van der Waals surface area contributed by atoms with Crippen molar-refractivity contribution in [3.63, 3.8) is 0 Å². The minimum Gasteiger partial charge on any atom is -0.389 e. The van der Waals surface area contributed by atoms with Crippen LogP contribution < -0.4 is 0 Å². The zero-order chi connectivity index (χ0) is 21.7. The molecule has 2 heteroatoms. The first-order chi connectivity index (χ1) is 15.0. The molecule has 0 aromatic heterocycles.